The van der Waals surface area contributed by atoms with Crippen LogP contribution in [-0.4, -0.2) is 25.6 Å². The van der Waals surface area contributed by atoms with Gasteiger partial charge in [0, 0.05) is 6.54 Å². The molecule has 23 heavy (non-hydrogen) atoms. The van der Waals surface area contributed by atoms with Crippen LogP contribution in [0.4, 0.5) is 0 Å². The molecule has 2 rings (SSSR count). The van der Waals surface area contributed by atoms with Crippen LogP contribution in [-0.2, 0) is 16.1 Å². The first-order valence-electron chi connectivity index (χ1n) is 7.22. The van der Waals surface area contributed by atoms with E-state index in [1.807, 2.05) is 37.3 Å². The Morgan fingerprint density at radius 1 is 1.09 bits per heavy atom. The highest BCUT2D eigenvalue weighted by Gasteiger charge is 2.10. The van der Waals surface area contributed by atoms with Gasteiger partial charge in [0.25, 0.3) is 5.91 Å². The maximum absolute atomic E-state index is 11.8. The van der Waals surface area contributed by atoms with Gasteiger partial charge in [-0.3, -0.25) is 4.79 Å². The lowest BCUT2D eigenvalue weighted by Gasteiger charge is -2.08. The second-order valence-corrected chi connectivity index (χ2v) is 5.07. The number of hydrogen-bond acceptors (Lipinski definition) is 4. The van der Waals surface area contributed by atoms with Gasteiger partial charge in [0.1, 0.15) is 5.75 Å². The molecule has 120 valence electrons. The number of aryl methyl sites for hydroxylation is 1. The van der Waals surface area contributed by atoms with Gasteiger partial charge in [0.2, 0.25) is 0 Å². The predicted molar refractivity (Wildman–Crippen MR) is 86.3 cm³/mol. The van der Waals surface area contributed by atoms with Crippen molar-refractivity contribution in [1.82, 2.24) is 5.32 Å². The molecule has 0 bridgehead atoms. The third kappa shape index (κ3) is 5.14. The molecule has 0 aliphatic carbocycles. The van der Waals surface area contributed by atoms with Crippen LogP contribution < -0.4 is 10.1 Å². The van der Waals surface area contributed by atoms with Crippen molar-refractivity contribution < 1.29 is 19.1 Å². The largest absolute Gasteiger partial charge is 0.497 e. The number of rotatable bonds is 6. The van der Waals surface area contributed by atoms with Crippen LogP contribution in [0.15, 0.2) is 48.5 Å². The van der Waals surface area contributed by atoms with E-state index in [9.17, 15) is 9.59 Å². The van der Waals surface area contributed by atoms with Gasteiger partial charge in [-0.2, -0.15) is 0 Å². The maximum Gasteiger partial charge on any atom is 0.338 e. The van der Waals surface area contributed by atoms with E-state index in [1.54, 1.807) is 25.3 Å². The van der Waals surface area contributed by atoms with Crippen LogP contribution in [0.25, 0.3) is 0 Å². The van der Waals surface area contributed by atoms with E-state index in [0.717, 1.165) is 16.9 Å². The van der Waals surface area contributed by atoms with E-state index in [0.29, 0.717) is 12.1 Å². The van der Waals surface area contributed by atoms with Gasteiger partial charge in [-0.05, 0) is 36.8 Å². The van der Waals surface area contributed by atoms with E-state index >= 15 is 0 Å². The summed E-state index contributed by atoms with van der Waals surface area (Å²) in [4.78, 5) is 23.6. The highest BCUT2D eigenvalue weighted by Crippen LogP contribution is 2.12. The van der Waals surface area contributed by atoms with Crippen molar-refractivity contribution in [3.05, 3.63) is 65.2 Å². The van der Waals surface area contributed by atoms with Crippen molar-refractivity contribution in [3.8, 4) is 5.75 Å². The summed E-state index contributed by atoms with van der Waals surface area (Å²) in [7, 11) is 1.59. The van der Waals surface area contributed by atoms with Gasteiger partial charge < -0.3 is 14.8 Å². The molecular weight excluding hydrogens is 294 g/mol. The molecular formula is C18H19NO4. The summed E-state index contributed by atoms with van der Waals surface area (Å²) in [6.45, 7) is 1.92. The Kier molecular flexibility index (Phi) is 5.74. The molecule has 0 unspecified atom stereocenters. The fraction of sp³-hybridized carbons (Fsp3) is 0.222. The van der Waals surface area contributed by atoms with Crippen LogP contribution in [0.2, 0.25) is 0 Å². The van der Waals surface area contributed by atoms with Crippen molar-refractivity contribution in [1.29, 1.82) is 0 Å². The minimum Gasteiger partial charge on any atom is -0.497 e. The number of hydrogen-bond donors (Lipinski definition) is 1. The van der Waals surface area contributed by atoms with Crippen molar-refractivity contribution in [2.75, 3.05) is 13.7 Å². The molecule has 5 nitrogen and oxygen atoms in total. The molecule has 2 aromatic rings. The molecule has 0 spiro atoms. The quantitative estimate of drug-likeness (QED) is 0.832. The van der Waals surface area contributed by atoms with Gasteiger partial charge in [-0.1, -0.05) is 29.8 Å². The Labute approximate surface area is 135 Å². The summed E-state index contributed by atoms with van der Waals surface area (Å²) in [5.74, 6) is -0.137. The molecule has 0 aliphatic rings. The Bertz CT molecular complexity index is 697. The average molecular weight is 313 g/mol. The van der Waals surface area contributed by atoms with E-state index in [1.165, 1.54) is 0 Å². The zero-order valence-electron chi connectivity index (χ0n) is 13.2. The Balaban J connectivity index is 1.79. The molecule has 5 heteroatoms. The number of ether oxygens (including phenoxy) is 2. The lowest BCUT2D eigenvalue weighted by Crippen LogP contribution is -2.28. The van der Waals surface area contributed by atoms with E-state index in [4.69, 9.17) is 9.47 Å². The molecule has 0 atom stereocenters. The molecule has 0 saturated heterocycles. The first-order valence-corrected chi connectivity index (χ1v) is 7.22. The lowest BCUT2D eigenvalue weighted by molar-refractivity contribution is -0.124. The lowest BCUT2D eigenvalue weighted by atomic mass is 10.1. The summed E-state index contributed by atoms with van der Waals surface area (Å²) < 4.78 is 10.1. The Morgan fingerprint density at radius 2 is 1.87 bits per heavy atom. The second-order valence-electron chi connectivity index (χ2n) is 5.07. The molecule has 0 aliphatic heterocycles. The van der Waals surface area contributed by atoms with Crippen molar-refractivity contribution >= 4 is 11.9 Å². The van der Waals surface area contributed by atoms with E-state index in [-0.39, 0.29) is 12.5 Å². The first-order chi connectivity index (χ1) is 11.1. The van der Waals surface area contributed by atoms with Gasteiger partial charge in [0.05, 0.1) is 12.7 Å². The number of esters is 1. The molecule has 0 heterocycles. The van der Waals surface area contributed by atoms with Gasteiger partial charge >= 0.3 is 5.97 Å². The third-order valence-electron chi connectivity index (χ3n) is 3.21. The summed E-state index contributed by atoms with van der Waals surface area (Å²) >= 11 is 0. The van der Waals surface area contributed by atoms with E-state index in [2.05, 4.69) is 5.32 Å². The number of amides is 1. The van der Waals surface area contributed by atoms with Gasteiger partial charge in [0.15, 0.2) is 6.61 Å². The number of carbonyl (C=O) groups is 2. The molecule has 0 fully saturated rings. The fourth-order valence-corrected chi connectivity index (χ4v) is 2.02. The van der Waals surface area contributed by atoms with E-state index < -0.39 is 5.97 Å². The summed E-state index contributed by atoms with van der Waals surface area (Å²) in [6.07, 6.45) is 0. The van der Waals surface area contributed by atoms with Crippen LogP contribution in [0.3, 0.4) is 0 Å². The number of carbonyl (C=O) groups excluding carboxylic acids is 2. The van der Waals surface area contributed by atoms with Crippen molar-refractivity contribution in [2.45, 2.75) is 13.5 Å². The SMILES string of the molecule is COc1cccc(CNC(=O)COC(=O)c2cccc(C)c2)c1. The van der Waals surface area contributed by atoms with Crippen molar-refractivity contribution in [3.63, 3.8) is 0 Å². The summed E-state index contributed by atoms with van der Waals surface area (Å²) in [6, 6.07) is 14.4. The smallest absolute Gasteiger partial charge is 0.338 e. The molecule has 0 saturated carbocycles. The Morgan fingerprint density at radius 3 is 2.61 bits per heavy atom. The minimum atomic E-state index is -0.509. The zero-order valence-corrected chi connectivity index (χ0v) is 13.2. The van der Waals surface area contributed by atoms with Gasteiger partial charge in [-0.15, -0.1) is 0 Å². The first kappa shape index (κ1) is 16.5. The topological polar surface area (TPSA) is 64.6 Å². The molecule has 2 aromatic carbocycles. The standard InChI is InChI=1S/C18H19NO4/c1-13-5-3-7-15(9-13)18(21)23-12-17(20)19-11-14-6-4-8-16(10-14)22-2/h3-10H,11-12H2,1-2H3,(H,19,20). The fourth-order valence-electron chi connectivity index (χ4n) is 2.02. The number of methoxy groups -OCH3 is 1. The Hall–Kier alpha value is -2.82. The van der Waals surface area contributed by atoms with Crippen LogP contribution in [0.1, 0.15) is 21.5 Å². The monoisotopic (exact) mass is 313 g/mol. The average Bonchev–Trinajstić information content (AvgIpc) is 2.58. The summed E-state index contributed by atoms with van der Waals surface area (Å²) in [5, 5.41) is 2.70. The van der Waals surface area contributed by atoms with Crippen LogP contribution in [0, 0.1) is 6.92 Å². The maximum atomic E-state index is 11.8. The third-order valence-corrected chi connectivity index (χ3v) is 3.21. The number of benzene rings is 2. The minimum absolute atomic E-state index is 0.309. The van der Waals surface area contributed by atoms with Gasteiger partial charge in [-0.25, -0.2) is 4.79 Å². The molecule has 1 amide bonds. The molecule has 0 aromatic heterocycles. The molecule has 1 N–H and O–H groups in total. The zero-order chi connectivity index (χ0) is 16.7. The highest BCUT2D eigenvalue weighted by molar-refractivity contribution is 5.91. The normalized spacial score (nSPS) is 10.0. The summed E-state index contributed by atoms with van der Waals surface area (Å²) in [5.41, 5.74) is 2.30. The number of nitrogens with one attached hydrogen (secondary N) is 1. The van der Waals surface area contributed by atoms with Crippen molar-refractivity contribution in [2.24, 2.45) is 0 Å². The highest BCUT2D eigenvalue weighted by atomic mass is 16.5. The second kappa shape index (κ2) is 7.98. The molecule has 0 radical (unpaired) electrons. The van der Waals surface area contributed by atoms with Crippen LogP contribution in [0.5, 0.6) is 5.75 Å². The van der Waals surface area contributed by atoms with Crippen LogP contribution >= 0.6 is 0 Å². The predicted octanol–water partition coefficient (Wildman–Crippen LogP) is 2.48.